The van der Waals surface area contributed by atoms with Gasteiger partial charge in [0, 0.05) is 6.54 Å². The normalized spacial score (nSPS) is 10.7. The Balaban J connectivity index is 2.34. The molecule has 14 heavy (non-hydrogen) atoms. The molecular weight excluding hydrogens is 182 g/mol. The van der Waals surface area contributed by atoms with Crippen molar-refractivity contribution in [2.24, 2.45) is 0 Å². The van der Waals surface area contributed by atoms with Crippen molar-refractivity contribution in [3.05, 3.63) is 18.0 Å². The summed E-state index contributed by atoms with van der Waals surface area (Å²) in [6, 6.07) is 3.63. The molecule has 74 valence electrons. The fourth-order valence-electron chi connectivity index (χ4n) is 1.17. The molecule has 0 fully saturated rings. The zero-order valence-corrected chi connectivity index (χ0v) is 7.80. The van der Waals surface area contributed by atoms with E-state index >= 15 is 0 Å². The number of aromatic nitrogens is 4. The Morgan fingerprint density at radius 3 is 3.07 bits per heavy atom. The Labute approximate surface area is 80.6 Å². The van der Waals surface area contributed by atoms with Crippen LogP contribution in [0.5, 0.6) is 0 Å². The summed E-state index contributed by atoms with van der Waals surface area (Å²) in [5, 5.41) is 23.6. The highest BCUT2D eigenvalue weighted by Gasteiger charge is 2.02. The summed E-state index contributed by atoms with van der Waals surface area (Å²) < 4.78 is 1.65. The maximum atomic E-state index is 8.63. The zero-order valence-electron chi connectivity index (χ0n) is 7.80. The van der Waals surface area contributed by atoms with E-state index in [0.717, 1.165) is 11.5 Å². The van der Waals surface area contributed by atoms with Gasteiger partial charge in [0.05, 0.1) is 6.61 Å². The van der Waals surface area contributed by atoms with Gasteiger partial charge < -0.3 is 10.4 Å². The highest BCUT2D eigenvalue weighted by atomic mass is 16.3. The summed E-state index contributed by atoms with van der Waals surface area (Å²) in [6.45, 7) is 2.41. The third kappa shape index (κ3) is 1.51. The number of nitrogens with zero attached hydrogens (tertiary/aromatic N) is 4. The van der Waals surface area contributed by atoms with Gasteiger partial charge in [-0.2, -0.15) is 4.52 Å². The number of aliphatic hydroxyl groups is 1. The summed E-state index contributed by atoms with van der Waals surface area (Å²) in [6.07, 6.45) is 0. The molecule has 0 bridgehead atoms. The molecule has 0 spiro atoms. The van der Waals surface area contributed by atoms with Gasteiger partial charge >= 0.3 is 0 Å². The first-order chi connectivity index (χ1) is 6.81. The van der Waals surface area contributed by atoms with Crippen LogP contribution < -0.4 is 5.32 Å². The summed E-state index contributed by atoms with van der Waals surface area (Å²) in [5.74, 6) is 1.45. The van der Waals surface area contributed by atoms with Gasteiger partial charge in [-0.05, 0) is 19.1 Å². The van der Waals surface area contributed by atoms with E-state index in [0.29, 0.717) is 12.4 Å². The van der Waals surface area contributed by atoms with Gasteiger partial charge in [0.25, 0.3) is 0 Å². The van der Waals surface area contributed by atoms with Crippen molar-refractivity contribution in [1.29, 1.82) is 0 Å². The fourth-order valence-corrected chi connectivity index (χ4v) is 1.17. The maximum absolute atomic E-state index is 8.63. The van der Waals surface area contributed by atoms with Crippen molar-refractivity contribution in [3.8, 4) is 0 Å². The van der Waals surface area contributed by atoms with Gasteiger partial charge in [0.2, 0.25) is 0 Å². The lowest BCUT2D eigenvalue weighted by Crippen LogP contribution is -2.08. The van der Waals surface area contributed by atoms with Gasteiger partial charge in [-0.25, -0.2) is 0 Å². The first kappa shape index (κ1) is 8.89. The molecule has 0 aromatic carbocycles. The van der Waals surface area contributed by atoms with Crippen LogP contribution in [0.2, 0.25) is 0 Å². The molecule has 0 aliphatic heterocycles. The number of anilines is 1. The lowest BCUT2D eigenvalue weighted by molar-refractivity contribution is 0.311. The summed E-state index contributed by atoms with van der Waals surface area (Å²) in [7, 11) is 0. The molecule has 0 atom stereocenters. The molecule has 0 aliphatic rings. The van der Waals surface area contributed by atoms with Crippen molar-refractivity contribution in [2.45, 2.75) is 6.92 Å². The molecule has 6 heteroatoms. The number of hydrogen-bond acceptors (Lipinski definition) is 5. The lowest BCUT2D eigenvalue weighted by Gasteiger charge is -2.02. The summed E-state index contributed by atoms with van der Waals surface area (Å²) in [5.41, 5.74) is 0.719. The standard InChI is InChI=1S/C8H11N5O/c1-6-10-11-8-3-2-7(9-4-5-14)12-13(6)8/h2-3,14H,4-5H2,1H3,(H,9,12). The van der Waals surface area contributed by atoms with E-state index in [2.05, 4.69) is 20.6 Å². The Bertz CT molecular complexity index is 438. The molecule has 0 saturated carbocycles. The number of aliphatic hydroxyl groups excluding tert-OH is 1. The molecule has 2 aromatic heterocycles. The van der Waals surface area contributed by atoms with Crippen LogP contribution in [0.15, 0.2) is 12.1 Å². The molecule has 0 saturated heterocycles. The first-order valence-electron chi connectivity index (χ1n) is 4.35. The number of fused-ring (bicyclic) bond motifs is 1. The predicted octanol–water partition coefficient (Wildman–Crippen LogP) is -0.163. The van der Waals surface area contributed by atoms with Gasteiger partial charge in [-0.3, -0.25) is 0 Å². The highest BCUT2D eigenvalue weighted by molar-refractivity contribution is 5.43. The van der Waals surface area contributed by atoms with Crippen molar-refractivity contribution >= 4 is 11.5 Å². The quantitative estimate of drug-likeness (QED) is 0.708. The van der Waals surface area contributed by atoms with Crippen molar-refractivity contribution < 1.29 is 5.11 Å². The van der Waals surface area contributed by atoms with Crippen LogP contribution in [0.4, 0.5) is 5.82 Å². The molecule has 0 radical (unpaired) electrons. The monoisotopic (exact) mass is 193 g/mol. The average molecular weight is 193 g/mol. The molecule has 0 aliphatic carbocycles. The average Bonchev–Trinajstić information content (AvgIpc) is 2.57. The third-order valence-corrected chi connectivity index (χ3v) is 1.84. The van der Waals surface area contributed by atoms with Crippen molar-refractivity contribution in [1.82, 2.24) is 19.8 Å². The van der Waals surface area contributed by atoms with E-state index in [4.69, 9.17) is 5.11 Å². The lowest BCUT2D eigenvalue weighted by atomic mass is 10.5. The Hall–Kier alpha value is -1.69. The molecule has 2 N–H and O–H groups in total. The largest absolute Gasteiger partial charge is 0.395 e. The van der Waals surface area contributed by atoms with E-state index in [-0.39, 0.29) is 6.61 Å². The second-order valence-electron chi connectivity index (χ2n) is 2.89. The van der Waals surface area contributed by atoms with E-state index in [1.165, 1.54) is 0 Å². The minimum absolute atomic E-state index is 0.0842. The third-order valence-electron chi connectivity index (χ3n) is 1.84. The van der Waals surface area contributed by atoms with Gasteiger partial charge in [-0.15, -0.1) is 15.3 Å². The van der Waals surface area contributed by atoms with Crippen LogP contribution >= 0.6 is 0 Å². The highest BCUT2D eigenvalue weighted by Crippen LogP contribution is 2.05. The van der Waals surface area contributed by atoms with Crippen LogP contribution in [0, 0.1) is 6.92 Å². The number of rotatable bonds is 3. The van der Waals surface area contributed by atoms with Gasteiger partial charge in [-0.1, -0.05) is 0 Å². The molecule has 2 rings (SSSR count). The molecule has 2 aromatic rings. The Morgan fingerprint density at radius 2 is 2.29 bits per heavy atom. The molecule has 2 heterocycles. The van der Waals surface area contributed by atoms with Crippen molar-refractivity contribution in [2.75, 3.05) is 18.5 Å². The Morgan fingerprint density at radius 1 is 1.43 bits per heavy atom. The number of nitrogens with one attached hydrogen (secondary N) is 1. The minimum atomic E-state index is 0.0842. The summed E-state index contributed by atoms with van der Waals surface area (Å²) in [4.78, 5) is 0. The first-order valence-corrected chi connectivity index (χ1v) is 4.35. The molecule has 6 nitrogen and oxygen atoms in total. The topological polar surface area (TPSA) is 75.3 Å². The van der Waals surface area contributed by atoms with Crippen molar-refractivity contribution in [3.63, 3.8) is 0 Å². The second-order valence-corrected chi connectivity index (χ2v) is 2.89. The summed E-state index contributed by atoms with van der Waals surface area (Å²) >= 11 is 0. The van der Waals surface area contributed by atoms with Gasteiger partial charge in [0.1, 0.15) is 5.82 Å². The maximum Gasteiger partial charge on any atom is 0.178 e. The van der Waals surface area contributed by atoms with Gasteiger partial charge in [0.15, 0.2) is 11.5 Å². The van der Waals surface area contributed by atoms with Crippen LogP contribution in [0.3, 0.4) is 0 Å². The van der Waals surface area contributed by atoms with Crippen LogP contribution in [0.1, 0.15) is 5.82 Å². The second kappa shape index (κ2) is 3.59. The van der Waals surface area contributed by atoms with E-state index in [1.807, 2.05) is 13.0 Å². The minimum Gasteiger partial charge on any atom is -0.395 e. The Kier molecular flexibility index (Phi) is 2.28. The SMILES string of the molecule is Cc1nnc2ccc(NCCO)nn12. The molecular formula is C8H11N5O. The number of hydrogen-bond donors (Lipinski definition) is 2. The van der Waals surface area contributed by atoms with E-state index < -0.39 is 0 Å². The van der Waals surface area contributed by atoms with E-state index in [9.17, 15) is 0 Å². The zero-order chi connectivity index (χ0) is 9.97. The smallest absolute Gasteiger partial charge is 0.178 e. The molecule has 0 amide bonds. The number of aryl methyl sites for hydroxylation is 1. The fraction of sp³-hybridized carbons (Fsp3) is 0.375. The van der Waals surface area contributed by atoms with Crippen LogP contribution in [-0.2, 0) is 0 Å². The van der Waals surface area contributed by atoms with Crippen LogP contribution in [-0.4, -0.2) is 38.1 Å². The van der Waals surface area contributed by atoms with E-state index in [1.54, 1.807) is 10.6 Å². The molecule has 0 unspecified atom stereocenters. The van der Waals surface area contributed by atoms with Crippen LogP contribution in [0.25, 0.3) is 5.65 Å². The predicted molar refractivity (Wildman–Crippen MR) is 51.1 cm³/mol.